The molecule has 0 radical (unpaired) electrons. The molecule has 1 heterocycles. The maximum Gasteiger partial charge on any atom is 0.249 e. The Morgan fingerprint density at radius 2 is 1.92 bits per heavy atom. The van der Waals surface area contributed by atoms with Gasteiger partial charge in [0.15, 0.2) is 0 Å². The Kier molecular flexibility index (Phi) is 3.65. The summed E-state index contributed by atoms with van der Waals surface area (Å²) < 4.78 is 25.9. The molecule has 1 aliphatic heterocycles. The van der Waals surface area contributed by atoms with Gasteiger partial charge in [-0.15, -0.1) is 0 Å². The van der Waals surface area contributed by atoms with Gasteiger partial charge < -0.3 is 4.90 Å². The first-order chi connectivity index (χ1) is 5.99. The molecule has 0 saturated carbocycles. The van der Waals surface area contributed by atoms with Gasteiger partial charge in [0.1, 0.15) is 0 Å². The molecule has 1 aliphatic rings. The molecule has 0 aliphatic carbocycles. The summed E-state index contributed by atoms with van der Waals surface area (Å²) in [4.78, 5) is 2.16. The first-order valence-electron chi connectivity index (χ1n) is 5.10. The number of nitrogens with zero attached hydrogens (tertiary/aromatic N) is 1. The zero-order valence-electron chi connectivity index (χ0n) is 8.52. The van der Waals surface area contributed by atoms with Crippen molar-refractivity contribution in [2.45, 2.75) is 39.0 Å². The molecule has 0 bridgehead atoms. The molecular formula is C10H19F2N. The topological polar surface area (TPSA) is 3.24 Å². The highest BCUT2D eigenvalue weighted by atomic mass is 19.3. The minimum absolute atomic E-state index is 0.0414. The van der Waals surface area contributed by atoms with Crippen LogP contribution in [0.3, 0.4) is 0 Å². The summed E-state index contributed by atoms with van der Waals surface area (Å²) in [6.45, 7) is 6.61. The predicted molar refractivity (Wildman–Crippen MR) is 50.1 cm³/mol. The van der Waals surface area contributed by atoms with E-state index in [4.69, 9.17) is 0 Å². The van der Waals surface area contributed by atoms with Gasteiger partial charge in [-0.2, -0.15) is 0 Å². The Bertz CT molecular complexity index is 157. The quantitative estimate of drug-likeness (QED) is 0.648. The van der Waals surface area contributed by atoms with Gasteiger partial charge in [-0.1, -0.05) is 13.8 Å². The van der Waals surface area contributed by atoms with Crippen molar-refractivity contribution in [2.75, 3.05) is 19.6 Å². The van der Waals surface area contributed by atoms with Gasteiger partial charge in [0.05, 0.1) is 0 Å². The lowest BCUT2D eigenvalue weighted by Gasteiger charge is -2.21. The molecule has 1 nitrogen and oxygen atoms in total. The largest absolute Gasteiger partial charge is 0.303 e. The van der Waals surface area contributed by atoms with Crippen LogP contribution in [0.1, 0.15) is 33.1 Å². The standard InChI is InChI=1S/C10H19F2N/c1-9(2)8-13-6-3-4-10(11,12)5-7-13/h9H,3-8H2,1-2H3. The lowest BCUT2D eigenvalue weighted by atomic mass is 10.1. The van der Waals surface area contributed by atoms with Crippen LogP contribution >= 0.6 is 0 Å². The molecule has 13 heavy (non-hydrogen) atoms. The van der Waals surface area contributed by atoms with Crippen molar-refractivity contribution in [3.8, 4) is 0 Å². The van der Waals surface area contributed by atoms with E-state index >= 15 is 0 Å². The molecule has 78 valence electrons. The van der Waals surface area contributed by atoms with Crippen LogP contribution < -0.4 is 0 Å². The monoisotopic (exact) mass is 191 g/mol. The van der Waals surface area contributed by atoms with Crippen LogP contribution in [-0.4, -0.2) is 30.5 Å². The van der Waals surface area contributed by atoms with Crippen molar-refractivity contribution in [3.63, 3.8) is 0 Å². The maximum absolute atomic E-state index is 12.9. The molecule has 1 fully saturated rings. The number of likely N-dealkylation sites (tertiary alicyclic amines) is 1. The van der Waals surface area contributed by atoms with Crippen LogP contribution in [0.4, 0.5) is 8.78 Å². The van der Waals surface area contributed by atoms with Crippen molar-refractivity contribution in [1.29, 1.82) is 0 Å². The van der Waals surface area contributed by atoms with E-state index in [-0.39, 0.29) is 12.8 Å². The van der Waals surface area contributed by atoms with E-state index in [1.807, 2.05) is 0 Å². The van der Waals surface area contributed by atoms with Gasteiger partial charge in [0, 0.05) is 25.9 Å². The Morgan fingerprint density at radius 1 is 1.23 bits per heavy atom. The number of hydrogen-bond donors (Lipinski definition) is 0. The number of hydrogen-bond acceptors (Lipinski definition) is 1. The third-order valence-corrected chi connectivity index (χ3v) is 2.43. The lowest BCUT2D eigenvalue weighted by molar-refractivity contribution is -0.0132. The summed E-state index contributed by atoms with van der Waals surface area (Å²) in [6.07, 6.45) is 0.751. The van der Waals surface area contributed by atoms with Gasteiger partial charge in [0.25, 0.3) is 0 Å². The fraction of sp³-hybridized carbons (Fsp3) is 1.00. The van der Waals surface area contributed by atoms with Gasteiger partial charge in [-0.3, -0.25) is 0 Å². The molecule has 0 aromatic carbocycles. The van der Waals surface area contributed by atoms with Crippen LogP contribution in [-0.2, 0) is 0 Å². The van der Waals surface area contributed by atoms with Crippen LogP contribution in [0, 0.1) is 5.92 Å². The third kappa shape index (κ3) is 4.03. The molecule has 0 spiro atoms. The molecule has 0 atom stereocenters. The predicted octanol–water partition coefficient (Wildman–Crippen LogP) is 2.76. The molecule has 0 aromatic heterocycles. The van der Waals surface area contributed by atoms with Gasteiger partial charge in [0.2, 0.25) is 5.92 Å². The van der Waals surface area contributed by atoms with Gasteiger partial charge >= 0.3 is 0 Å². The van der Waals surface area contributed by atoms with Crippen LogP contribution in [0.5, 0.6) is 0 Å². The highest BCUT2D eigenvalue weighted by molar-refractivity contribution is 4.75. The van der Waals surface area contributed by atoms with E-state index in [0.717, 1.165) is 13.1 Å². The van der Waals surface area contributed by atoms with E-state index in [9.17, 15) is 8.78 Å². The second-order valence-electron chi connectivity index (χ2n) is 4.40. The number of halogens is 2. The fourth-order valence-corrected chi connectivity index (χ4v) is 1.82. The highest BCUT2D eigenvalue weighted by Gasteiger charge is 2.31. The Morgan fingerprint density at radius 3 is 2.54 bits per heavy atom. The van der Waals surface area contributed by atoms with Crippen molar-refractivity contribution < 1.29 is 8.78 Å². The third-order valence-electron chi connectivity index (χ3n) is 2.43. The Labute approximate surface area is 79.1 Å². The molecule has 0 N–H and O–H groups in total. The summed E-state index contributed by atoms with van der Waals surface area (Å²) in [5.41, 5.74) is 0. The summed E-state index contributed by atoms with van der Waals surface area (Å²) in [6, 6.07) is 0. The van der Waals surface area contributed by atoms with E-state index < -0.39 is 5.92 Å². The van der Waals surface area contributed by atoms with E-state index in [0.29, 0.717) is 18.9 Å². The smallest absolute Gasteiger partial charge is 0.249 e. The molecule has 0 unspecified atom stereocenters. The average molecular weight is 191 g/mol. The molecular weight excluding hydrogens is 172 g/mol. The maximum atomic E-state index is 12.9. The van der Waals surface area contributed by atoms with Crippen molar-refractivity contribution in [3.05, 3.63) is 0 Å². The van der Waals surface area contributed by atoms with Crippen LogP contribution in [0.15, 0.2) is 0 Å². The van der Waals surface area contributed by atoms with Crippen molar-refractivity contribution >= 4 is 0 Å². The number of alkyl halides is 2. The van der Waals surface area contributed by atoms with Crippen LogP contribution in [0.2, 0.25) is 0 Å². The van der Waals surface area contributed by atoms with Gasteiger partial charge in [-0.05, 0) is 18.9 Å². The second-order valence-corrected chi connectivity index (χ2v) is 4.40. The van der Waals surface area contributed by atoms with E-state index in [1.54, 1.807) is 0 Å². The first kappa shape index (κ1) is 10.9. The Balaban J connectivity index is 2.36. The minimum atomic E-state index is -2.41. The van der Waals surface area contributed by atoms with E-state index in [2.05, 4.69) is 18.7 Å². The highest BCUT2D eigenvalue weighted by Crippen LogP contribution is 2.27. The summed E-state index contributed by atoms with van der Waals surface area (Å²) >= 11 is 0. The minimum Gasteiger partial charge on any atom is -0.303 e. The van der Waals surface area contributed by atoms with Gasteiger partial charge in [-0.25, -0.2) is 8.78 Å². The number of rotatable bonds is 2. The normalized spacial score (nSPS) is 24.7. The zero-order valence-corrected chi connectivity index (χ0v) is 8.52. The average Bonchev–Trinajstić information content (AvgIpc) is 2.12. The second kappa shape index (κ2) is 4.36. The molecule has 0 aromatic rings. The summed E-state index contributed by atoms with van der Waals surface area (Å²) in [5, 5.41) is 0. The van der Waals surface area contributed by atoms with E-state index in [1.165, 1.54) is 0 Å². The SMILES string of the molecule is CC(C)CN1CCCC(F)(F)CC1. The molecule has 0 amide bonds. The summed E-state index contributed by atoms with van der Waals surface area (Å²) in [5.74, 6) is -1.84. The molecule has 1 saturated heterocycles. The Hall–Kier alpha value is -0.180. The molecule has 1 rings (SSSR count). The summed E-state index contributed by atoms with van der Waals surface area (Å²) in [7, 11) is 0. The lowest BCUT2D eigenvalue weighted by Crippen LogP contribution is -2.29. The molecule has 3 heteroatoms. The van der Waals surface area contributed by atoms with Crippen LogP contribution in [0.25, 0.3) is 0 Å². The van der Waals surface area contributed by atoms with Crippen molar-refractivity contribution in [1.82, 2.24) is 4.90 Å². The zero-order chi connectivity index (χ0) is 9.90. The first-order valence-corrected chi connectivity index (χ1v) is 5.10. The fourth-order valence-electron chi connectivity index (χ4n) is 1.82. The van der Waals surface area contributed by atoms with Crippen molar-refractivity contribution in [2.24, 2.45) is 5.92 Å².